The van der Waals surface area contributed by atoms with Gasteiger partial charge in [-0.2, -0.15) is 0 Å². The number of aryl methyl sites for hydroxylation is 1. The number of amides is 2. The van der Waals surface area contributed by atoms with Gasteiger partial charge in [-0.1, -0.05) is 78.1 Å². The average Bonchev–Trinajstić information content (AvgIpc) is 3.59. The molecule has 8 nitrogen and oxygen atoms in total. The Morgan fingerprint density at radius 3 is 2.52 bits per heavy atom. The van der Waals surface area contributed by atoms with Crippen LogP contribution in [0.2, 0.25) is 0 Å². The molecule has 222 valence electrons. The maximum Gasteiger partial charge on any atom is 0.234 e. The number of nitrogens with one attached hydrogen (secondary N) is 2. The van der Waals surface area contributed by atoms with Gasteiger partial charge in [-0.25, -0.2) is 4.98 Å². The minimum atomic E-state index is -0.129. The molecule has 11 heteroatoms. The van der Waals surface area contributed by atoms with Gasteiger partial charge < -0.3 is 15.2 Å². The molecule has 0 spiro atoms. The van der Waals surface area contributed by atoms with Gasteiger partial charge in [-0.3, -0.25) is 9.59 Å². The van der Waals surface area contributed by atoms with Crippen LogP contribution >= 0.6 is 34.9 Å². The van der Waals surface area contributed by atoms with Crippen molar-refractivity contribution in [3.8, 4) is 0 Å². The zero-order chi connectivity index (χ0) is 30.6. The highest BCUT2D eigenvalue weighted by molar-refractivity contribution is 8.01. The van der Waals surface area contributed by atoms with Crippen molar-refractivity contribution in [2.75, 3.05) is 22.1 Å². The highest BCUT2D eigenvalue weighted by atomic mass is 32.2. The van der Waals surface area contributed by atoms with Gasteiger partial charge in [0.15, 0.2) is 9.50 Å². The van der Waals surface area contributed by atoms with Gasteiger partial charge in [-0.05, 0) is 65.6 Å². The standard InChI is InChI=1S/C33H30N6O2S3/c1-20-8-6-13-26(21(20)2)35-31(41)19-43-33-36-27-15-14-24(17-28(27)44-33)34-30(40)18-42-32-38-37-29(39(32)3)16-23-11-7-10-22-9-4-5-12-25(22)23/h4-15,17H,16,18-19H2,1-3H3,(H,34,40)(H,35,41). The summed E-state index contributed by atoms with van der Waals surface area (Å²) < 4.78 is 3.70. The van der Waals surface area contributed by atoms with Crippen LogP contribution in [0, 0.1) is 13.8 Å². The van der Waals surface area contributed by atoms with Crippen molar-refractivity contribution in [3.05, 3.63) is 101 Å². The number of thiazole rings is 1. The summed E-state index contributed by atoms with van der Waals surface area (Å²) in [6, 6.07) is 26.1. The minimum Gasteiger partial charge on any atom is -0.325 e. The van der Waals surface area contributed by atoms with Gasteiger partial charge in [0.2, 0.25) is 11.8 Å². The second kappa shape index (κ2) is 13.2. The predicted octanol–water partition coefficient (Wildman–Crippen LogP) is 7.25. The Hall–Kier alpha value is -4.19. The van der Waals surface area contributed by atoms with Gasteiger partial charge in [0, 0.05) is 24.8 Å². The van der Waals surface area contributed by atoms with E-state index in [2.05, 4.69) is 56.1 Å². The molecule has 0 saturated heterocycles. The summed E-state index contributed by atoms with van der Waals surface area (Å²) in [5, 5.41) is 17.8. The highest BCUT2D eigenvalue weighted by Gasteiger charge is 2.15. The van der Waals surface area contributed by atoms with Crippen molar-refractivity contribution in [1.82, 2.24) is 19.7 Å². The van der Waals surface area contributed by atoms with Gasteiger partial charge in [0.25, 0.3) is 0 Å². The molecule has 44 heavy (non-hydrogen) atoms. The molecule has 0 saturated carbocycles. The number of anilines is 2. The molecular formula is C33H30N6O2S3. The monoisotopic (exact) mass is 638 g/mol. The van der Waals surface area contributed by atoms with Crippen LogP contribution in [0.25, 0.3) is 21.0 Å². The van der Waals surface area contributed by atoms with Crippen LogP contribution in [0.4, 0.5) is 11.4 Å². The lowest BCUT2D eigenvalue weighted by atomic mass is 10.0. The molecule has 0 atom stereocenters. The van der Waals surface area contributed by atoms with E-state index in [1.54, 1.807) is 0 Å². The summed E-state index contributed by atoms with van der Waals surface area (Å²) in [4.78, 5) is 30.0. The fraction of sp³-hybridized carbons (Fsp3) is 0.182. The molecule has 4 aromatic carbocycles. The summed E-state index contributed by atoms with van der Waals surface area (Å²) in [6.45, 7) is 4.03. The predicted molar refractivity (Wildman–Crippen MR) is 182 cm³/mol. The zero-order valence-corrected chi connectivity index (χ0v) is 26.9. The Labute approximate surface area is 267 Å². The number of rotatable bonds is 10. The summed E-state index contributed by atoms with van der Waals surface area (Å²) in [7, 11) is 1.93. The summed E-state index contributed by atoms with van der Waals surface area (Å²) >= 11 is 4.26. The highest BCUT2D eigenvalue weighted by Crippen LogP contribution is 2.32. The molecule has 0 radical (unpaired) electrons. The summed E-state index contributed by atoms with van der Waals surface area (Å²) in [5.41, 5.74) is 5.76. The van der Waals surface area contributed by atoms with Gasteiger partial charge >= 0.3 is 0 Å². The third-order valence-corrected chi connectivity index (χ3v) is 10.5. The Morgan fingerprint density at radius 2 is 1.64 bits per heavy atom. The van der Waals surface area contributed by atoms with Crippen LogP contribution in [0.5, 0.6) is 0 Å². The minimum absolute atomic E-state index is 0.0722. The van der Waals surface area contributed by atoms with E-state index in [0.29, 0.717) is 17.3 Å². The number of nitrogens with zero attached hydrogens (tertiary/aromatic N) is 4. The van der Waals surface area contributed by atoms with Gasteiger partial charge in [0.1, 0.15) is 5.82 Å². The van der Waals surface area contributed by atoms with E-state index in [4.69, 9.17) is 0 Å². The zero-order valence-electron chi connectivity index (χ0n) is 24.5. The quantitative estimate of drug-likeness (QED) is 0.153. The van der Waals surface area contributed by atoms with Crippen LogP contribution < -0.4 is 10.6 Å². The molecule has 2 heterocycles. The molecule has 6 aromatic rings. The first-order valence-corrected chi connectivity index (χ1v) is 16.8. The molecule has 0 aliphatic heterocycles. The third-order valence-electron chi connectivity index (χ3n) is 7.34. The Bertz CT molecular complexity index is 2000. The SMILES string of the molecule is Cc1cccc(NC(=O)CSc2nc3ccc(NC(=O)CSc4nnc(Cc5cccc6ccccc56)n4C)cc3s2)c1C. The van der Waals surface area contributed by atoms with E-state index < -0.39 is 0 Å². The van der Waals surface area contributed by atoms with Crippen LogP contribution in [0.1, 0.15) is 22.5 Å². The number of aromatic nitrogens is 4. The average molecular weight is 639 g/mol. The van der Waals surface area contributed by atoms with E-state index in [9.17, 15) is 9.59 Å². The van der Waals surface area contributed by atoms with E-state index in [1.807, 2.05) is 74.0 Å². The Balaban J connectivity index is 1.02. The summed E-state index contributed by atoms with van der Waals surface area (Å²) in [6.07, 6.45) is 0.657. The molecule has 0 aliphatic rings. The molecule has 0 aliphatic carbocycles. The van der Waals surface area contributed by atoms with Crippen molar-refractivity contribution in [2.45, 2.75) is 29.8 Å². The van der Waals surface area contributed by atoms with Crippen LogP contribution in [0.3, 0.4) is 0 Å². The third kappa shape index (κ3) is 6.80. The van der Waals surface area contributed by atoms with E-state index in [1.165, 1.54) is 51.2 Å². The van der Waals surface area contributed by atoms with Crippen LogP contribution in [-0.2, 0) is 23.1 Å². The van der Waals surface area contributed by atoms with Gasteiger partial charge in [-0.15, -0.1) is 21.5 Å². The number of hydrogen-bond donors (Lipinski definition) is 2. The Morgan fingerprint density at radius 1 is 0.864 bits per heavy atom. The molecule has 2 aromatic heterocycles. The van der Waals surface area contributed by atoms with Crippen LogP contribution in [-0.4, -0.2) is 43.1 Å². The molecule has 6 rings (SSSR count). The normalized spacial score (nSPS) is 11.2. The number of hydrogen-bond acceptors (Lipinski definition) is 8. The molecule has 2 N–H and O–H groups in total. The van der Waals surface area contributed by atoms with Crippen molar-refractivity contribution >= 4 is 79.0 Å². The topological polar surface area (TPSA) is 102 Å². The maximum absolute atomic E-state index is 12.8. The number of thioether (sulfide) groups is 2. The molecular weight excluding hydrogens is 609 g/mol. The fourth-order valence-corrected chi connectivity index (χ4v) is 7.45. The maximum atomic E-state index is 12.8. The lowest BCUT2D eigenvalue weighted by molar-refractivity contribution is -0.114. The fourth-order valence-electron chi connectivity index (χ4n) is 4.81. The smallest absolute Gasteiger partial charge is 0.234 e. The lowest BCUT2D eigenvalue weighted by Gasteiger charge is -2.09. The first-order valence-electron chi connectivity index (χ1n) is 14.0. The van der Waals surface area contributed by atoms with E-state index >= 15 is 0 Å². The lowest BCUT2D eigenvalue weighted by Crippen LogP contribution is -2.15. The number of carbonyl (C=O) groups excluding carboxylic acids is 2. The second-order valence-electron chi connectivity index (χ2n) is 10.4. The second-order valence-corrected chi connectivity index (χ2v) is 13.6. The molecule has 0 bridgehead atoms. The van der Waals surface area contributed by atoms with Crippen LogP contribution in [0.15, 0.2) is 88.4 Å². The number of carbonyl (C=O) groups is 2. The first-order chi connectivity index (χ1) is 21.3. The summed E-state index contributed by atoms with van der Waals surface area (Å²) in [5.74, 6) is 1.11. The largest absolute Gasteiger partial charge is 0.325 e. The first kappa shape index (κ1) is 29.9. The van der Waals surface area contributed by atoms with Crippen molar-refractivity contribution in [1.29, 1.82) is 0 Å². The van der Waals surface area contributed by atoms with Crippen molar-refractivity contribution in [2.24, 2.45) is 7.05 Å². The molecule has 2 amide bonds. The van der Waals surface area contributed by atoms with E-state index in [-0.39, 0.29) is 23.3 Å². The van der Waals surface area contributed by atoms with E-state index in [0.717, 1.165) is 37.2 Å². The Kier molecular flexibility index (Phi) is 8.96. The van der Waals surface area contributed by atoms with Crippen molar-refractivity contribution in [3.63, 3.8) is 0 Å². The van der Waals surface area contributed by atoms with Gasteiger partial charge in [0.05, 0.1) is 21.7 Å². The molecule has 0 unspecified atom stereocenters. The molecule has 0 fully saturated rings. The van der Waals surface area contributed by atoms with Crippen molar-refractivity contribution < 1.29 is 9.59 Å². The number of fused-ring (bicyclic) bond motifs is 2. The number of benzene rings is 4.